The van der Waals surface area contributed by atoms with Gasteiger partial charge in [-0.1, -0.05) is 0 Å². The van der Waals surface area contributed by atoms with Crippen LogP contribution in [0.2, 0.25) is 0 Å². The maximum Gasteiger partial charge on any atom is 0.252 e. The molecule has 0 bridgehead atoms. The first-order valence-electron chi connectivity index (χ1n) is 6.47. The molecule has 2 aliphatic heterocycles. The highest BCUT2D eigenvalue weighted by Crippen LogP contribution is 2.19. The Morgan fingerprint density at radius 1 is 1.47 bits per heavy atom. The Morgan fingerprint density at radius 2 is 2.35 bits per heavy atom. The van der Waals surface area contributed by atoms with Crippen LogP contribution in [0.5, 0.6) is 0 Å². The zero-order valence-corrected chi connectivity index (χ0v) is 10.5. The normalized spacial score (nSPS) is 29.6. The van der Waals surface area contributed by atoms with E-state index in [-0.39, 0.29) is 18.1 Å². The molecule has 0 aromatic carbocycles. The third-order valence-electron chi connectivity index (χ3n) is 3.44. The van der Waals surface area contributed by atoms with Gasteiger partial charge in [-0.2, -0.15) is 0 Å². The largest absolute Gasteiger partial charge is 0.377 e. The molecule has 0 aromatic rings. The van der Waals surface area contributed by atoms with E-state index < -0.39 is 0 Å². The van der Waals surface area contributed by atoms with E-state index in [1.54, 1.807) is 0 Å². The number of carbonyl (C=O) groups is 1. The van der Waals surface area contributed by atoms with Gasteiger partial charge in [-0.25, -0.2) is 0 Å². The van der Waals surface area contributed by atoms with E-state index in [4.69, 9.17) is 9.47 Å². The van der Waals surface area contributed by atoms with Gasteiger partial charge in [-0.05, 0) is 32.9 Å². The van der Waals surface area contributed by atoms with Crippen LogP contribution in [0.1, 0.15) is 19.3 Å². The topological polar surface area (TPSA) is 50.8 Å². The second-order valence-corrected chi connectivity index (χ2v) is 4.65. The lowest BCUT2D eigenvalue weighted by molar-refractivity contribution is -0.149. The molecule has 98 valence electrons. The van der Waals surface area contributed by atoms with E-state index in [1.807, 2.05) is 11.9 Å². The second-order valence-electron chi connectivity index (χ2n) is 4.65. The molecule has 5 heteroatoms. The van der Waals surface area contributed by atoms with E-state index in [0.29, 0.717) is 19.8 Å². The Labute approximate surface area is 102 Å². The molecule has 2 saturated heterocycles. The maximum absolute atomic E-state index is 12.3. The average molecular weight is 242 g/mol. The van der Waals surface area contributed by atoms with Gasteiger partial charge in [0, 0.05) is 13.2 Å². The van der Waals surface area contributed by atoms with Crippen molar-refractivity contribution < 1.29 is 14.3 Å². The molecule has 1 amide bonds. The highest BCUT2D eigenvalue weighted by Gasteiger charge is 2.33. The molecule has 0 radical (unpaired) electrons. The van der Waals surface area contributed by atoms with Gasteiger partial charge >= 0.3 is 0 Å². The van der Waals surface area contributed by atoms with Gasteiger partial charge in [0.15, 0.2) is 0 Å². The third-order valence-corrected chi connectivity index (χ3v) is 3.44. The first-order valence-corrected chi connectivity index (χ1v) is 6.47. The number of morpholine rings is 1. The van der Waals surface area contributed by atoms with Gasteiger partial charge in [0.05, 0.1) is 19.3 Å². The summed E-state index contributed by atoms with van der Waals surface area (Å²) in [7, 11) is 1.93. The molecule has 2 rings (SSSR count). The van der Waals surface area contributed by atoms with Crippen molar-refractivity contribution in [3.8, 4) is 0 Å². The van der Waals surface area contributed by atoms with Gasteiger partial charge in [-0.3, -0.25) is 4.79 Å². The second kappa shape index (κ2) is 6.33. The van der Waals surface area contributed by atoms with E-state index in [1.165, 1.54) is 0 Å². The Bertz CT molecular complexity index is 254. The zero-order valence-electron chi connectivity index (χ0n) is 10.5. The predicted octanol–water partition coefficient (Wildman–Crippen LogP) is 0.00230. The number of carbonyl (C=O) groups excluding carboxylic acids is 1. The lowest BCUT2D eigenvalue weighted by atomic mass is 10.1. The summed E-state index contributed by atoms with van der Waals surface area (Å²) in [4.78, 5) is 14.3. The Kier molecular flexibility index (Phi) is 4.76. The van der Waals surface area contributed by atoms with Crippen molar-refractivity contribution in [3.05, 3.63) is 0 Å². The standard InChI is InChI=1S/C12H22N2O3/c1-13-5-4-10-9-16-8-6-14(10)12(15)11-3-2-7-17-11/h10-11,13H,2-9H2,1H3. The summed E-state index contributed by atoms with van der Waals surface area (Å²) < 4.78 is 10.9. The van der Waals surface area contributed by atoms with Crippen molar-refractivity contribution >= 4 is 5.91 Å². The predicted molar refractivity (Wildman–Crippen MR) is 63.8 cm³/mol. The molecular weight excluding hydrogens is 220 g/mol. The van der Waals surface area contributed by atoms with E-state index in [2.05, 4.69) is 5.32 Å². The fourth-order valence-corrected chi connectivity index (χ4v) is 2.45. The summed E-state index contributed by atoms with van der Waals surface area (Å²) in [5, 5.41) is 3.12. The van der Waals surface area contributed by atoms with Crippen LogP contribution in [0.25, 0.3) is 0 Å². The minimum Gasteiger partial charge on any atom is -0.377 e. The van der Waals surface area contributed by atoms with Crippen molar-refractivity contribution in [2.24, 2.45) is 0 Å². The molecular formula is C12H22N2O3. The lowest BCUT2D eigenvalue weighted by Crippen LogP contribution is -2.52. The molecule has 2 unspecified atom stereocenters. The van der Waals surface area contributed by atoms with E-state index in [9.17, 15) is 4.79 Å². The number of amides is 1. The number of nitrogens with one attached hydrogen (secondary N) is 1. The van der Waals surface area contributed by atoms with Crippen molar-refractivity contribution in [1.29, 1.82) is 0 Å². The Balaban J connectivity index is 1.92. The van der Waals surface area contributed by atoms with Crippen LogP contribution >= 0.6 is 0 Å². The smallest absolute Gasteiger partial charge is 0.252 e. The molecule has 2 heterocycles. The van der Waals surface area contributed by atoms with Crippen LogP contribution in [0.4, 0.5) is 0 Å². The number of hydrogen-bond donors (Lipinski definition) is 1. The van der Waals surface area contributed by atoms with Crippen LogP contribution < -0.4 is 5.32 Å². The molecule has 0 saturated carbocycles. The maximum atomic E-state index is 12.3. The molecule has 0 aromatic heterocycles. The molecule has 2 aliphatic rings. The Hall–Kier alpha value is -0.650. The van der Waals surface area contributed by atoms with Gasteiger partial charge in [0.25, 0.3) is 5.91 Å². The lowest BCUT2D eigenvalue weighted by Gasteiger charge is -2.37. The molecule has 0 aliphatic carbocycles. The summed E-state index contributed by atoms with van der Waals surface area (Å²) in [6.07, 6.45) is 2.61. The first kappa shape index (κ1) is 12.8. The summed E-state index contributed by atoms with van der Waals surface area (Å²) >= 11 is 0. The Morgan fingerprint density at radius 3 is 3.06 bits per heavy atom. The van der Waals surface area contributed by atoms with Gasteiger partial charge in [0.1, 0.15) is 6.10 Å². The average Bonchev–Trinajstić information content (AvgIpc) is 2.89. The summed E-state index contributed by atoms with van der Waals surface area (Å²) in [6, 6.07) is 0.202. The number of nitrogens with zero attached hydrogens (tertiary/aromatic N) is 1. The highest BCUT2D eigenvalue weighted by molar-refractivity contribution is 5.81. The van der Waals surface area contributed by atoms with Crippen molar-refractivity contribution in [3.63, 3.8) is 0 Å². The van der Waals surface area contributed by atoms with Crippen molar-refractivity contribution in [2.75, 3.05) is 40.0 Å². The number of hydrogen-bond acceptors (Lipinski definition) is 4. The van der Waals surface area contributed by atoms with Gasteiger partial charge < -0.3 is 19.7 Å². The molecule has 2 fully saturated rings. The minimum absolute atomic E-state index is 0.159. The molecule has 5 nitrogen and oxygen atoms in total. The van der Waals surface area contributed by atoms with Crippen molar-refractivity contribution in [2.45, 2.75) is 31.4 Å². The van der Waals surface area contributed by atoms with Crippen LogP contribution in [0, 0.1) is 0 Å². The third kappa shape index (κ3) is 3.18. The van der Waals surface area contributed by atoms with Crippen LogP contribution in [0.3, 0.4) is 0 Å². The van der Waals surface area contributed by atoms with Gasteiger partial charge in [0.2, 0.25) is 0 Å². The fourth-order valence-electron chi connectivity index (χ4n) is 2.45. The van der Waals surface area contributed by atoms with Crippen LogP contribution in [0.15, 0.2) is 0 Å². The number of rotatable bonds is 4. The van der Waals surface area contributed by atoms with Crippen LogP contribution in [-0.4, -0.2) is 62.9 Å². The summed E-state index contributed by atoms with van der Waals surface area (Å²) in [5.41, 5.74) is 0. The van der Waals surface area contributed by atoms with E-state index >= 15 is 0 Å². The monoisotopic (exact) mass is 242 g/mol. The highest BCUT2D eigenvalue weighted by atomic mass is 16.5. The number of ether oxygens (including phenoxy) is 2. The SMILES string of the molecule is CNCCC1COCCN1C(=O)C1CCCO1. The molecule has 17 heavy (non-hydrogen) atoms. The first-order chi connectivity index (χ1) is 8.33. The molecule has 0 spiro atoms. The quantitative estimate of drug-likeness (QED) is 0.754. The van der Waals surface area contributed by atoms with Gasteiger partial charge in [-0.15, -0.1) is 0 Å². The van der Waals surface area contributed by atoms with Crippen LogP contribution in [-0.2, 0) is 14.3 Å². The molecule has 2 atom stereocenters. The van der Waals surface area contributed by atoms with E-state index in [0.717, 1.165) is 32.4 Å². The zero-order chi connectivity index (χ0) is 12.1. The summed E-state index contributed by atoms with van der Waals surface area (Å²) in [6.45, 7) is 3.63. The molecule has 1 N–H and O–H groups in total. The minimum atomic E-state index is -0.204. The van der Waals surface area contributed by atoms with Crippen molar-refractivity contribution in [1.82, 2.24) is 10.2 Å². The summed E-state index contributed by atoms with van der Waals surface area (Å²) in [5.74, 6) is 0.159. The fraction of sp³-hybridized carbons (Fsp3) is 0.917.